The smallest absolute Gasteiger partial charge is 0.469 e. The van der Waals surface area contributed by atoms with Crippen molar-refractivity contribution in [1.29, 1.82) is 0 Å². The highest BCUT2D eigenvalue weighted by Crippen LogP contribution is 2.37. The molecule has 0 spiro atoms. The number of methoxy groups -OCH3 is 1. The highest BCUT2D eigenvalue weighted by molar-refractivity contribution is 6.62. The van der Waals surface area contributed by atoms with Crippen LogP contribution < -0.4 is 5.46 Å². The van der Waals surface area contributed by atoms with E-state index in [-0.39, 0.29) is 18.0 Å². The number of hydrogen-bond donors (Lipinski definition) is 0. The predicted octanol–water partition coefficient (Wildman–Crippen LogP) is 3.65. The number of halogens is 2. The van der Waals surface area contributed by atoms with E-state index in [0.717, 1.165) is 0 Å². The van der Waals surface area contributed by atoms with Crippen LogP contribution in [0.4, 0.5) is 8.78 Å². The van der Waals surface area contributed by atoms with Gasteiger partial charge in [-0.05, 0) is 56.4 Å². The van der Waals surface area contributed by atoms with Gasteiger partial charge in [0.25, 0.3) is 0 Å². The largest absolute Gasteiger partial charge is 0.495 e. The van der Waals surface area contributed by atoms with Crippen LogP contribution in [0.5, 0.6) is 0 Å². The molecule has 4 nitrogen and oxygen atoms in total. The second kappa shape index (κ2) is 7.30. The van der Waals surface area contributed by atoms with Gasteiger partial charge >= 0.3 is 13.1 Å². The lowest BCUT2D eigenvalue weighted by Crippen LogP contribution is -2.41. The quantitative estimate of drug-likeness (QED) is 0.593. The van der Waals surface area contributed by atoms with E-state index in [9.17, 15) is 13.6 Å². The SMILES string of the molecule is COC(=O)Cc1ccc(-c2c(F)cc(B3OC(C)(C)C(C)(C)O3)cc2F)cc1. The summed E-state index contributed by atoms with van der Waals surface area (Å²) in [5.74, 6) is -1.78. The third-order valence-corrected chi connectivity index (χ3v) is 5.41. The summed E-state index contributed by atoms with van der Waals surface area (Å²) in [7, 11) is 0.466. The van der Waals surface area contributed by atoms with Crippen molar-refractivity contribution >= 4 is 18.6 Å². The Hall–Kier alpha value is -2.25. The van der Waals surface area contributed by atoms with Crippen LogP contribution in [0.3, 0.4) is 0 Å². The zero-order chi connectivity index (χ0) is 20.7. The Kier molecular flexibility index (Phi) is 5.34. The van der Waals surface area contributed by atoms with E-state index in [2.05, 4.69) is 4.74 Å². The number of esters is 1. The molecular formula is C21H23BF2O4. The molecule has 7 heteroatoms. The summed E-state index contributed by atoms with van der Waals surface area (Å²) in [4.78, 5) is 11.3. The Morgan fingerprint density at radius 1 is 1.00 bits per heavy atom. The van der Waals surface area contributed by atoms with Gasteiger partial charge in [-0.15, -0.1) is 0 Å². The normalized spacial score (nSPS) is 17.6. The molecule has 0 aromatic heterocycles. The number of rotatable bonds is 4. The van der Waals surface area contributed by atoms with Crippen LogP contribution in [0.2, 0.25) is 0 Å². The highest BCUT2D eigenvalue weighted by atomic mass is 19.1. The van der Waals surface area contributed by atoms with Gasteiger partial charge in [0.1, 0.15) is 11.6 Å². The summed E-state index contributed by atoms with van der Waals surface area (Å²) in [6.07, 6.45) is 0.0998. The van der Waals surface area contributed by atoms with Crippen molar-refractivity contribution in [2.75, 3.05) is 7.11 Å². The van der Waals surface area contributed by atoms with Crippen molar-refractivity contribution < 1.29 is 27.6 Å². The van der Waals surface area contributed by atoms with E-state index in [0.29, 0.717) is 16.6 Å². The number of hydrogen-bond acceptors (Lipinski definition) is 4. The number of ether oxygens (including phenoxy) is 1. The first-order valence-electron chi connectivity index (χ1n) is 9.05. The summed E-state index contributed by atoms with van der Waals surface area (Å²) in [5.41, 5.74) is 0.0382. The number of carbonyl (C=O) groups excluding carboxylic acids is 1. The van der Waals surface area contributed by atoms with Gasteiger partial charge in [-0.25, -0.2) is 8.78 Å². The molecule has 0 amide bonds. The minimum absolute atomic E-state index is 0.0998. The predicted molar refractivity (Wildman–Crippen MR) is 103 cm³/mol. The monoisotopic (exact) mass is 388 g/mol. The molecule has 0 radical (unpaired) electrons. The fourth-order valence-corrected chi connectivity index (χ4v) is 3.01. The zero-order valence-electron chi connectivity index (χ0n) is 16.6. The standard InChI is InChI=1S/C21H23BF2O4/c1-20(2)21(3,4)28-22(27-20)15-11-16(23)19(17(24)12-15)14-8-6-13(7-9-14)10-18(25)26-5/h6-9,11-12H,10H2,1-5H3. The van der Waals surface area contributed by atoms with E-state index < -0.39 is 30.0 Å². The van der Waals surface area contributed by atoms with Crippen LogP contribution >= 0.6 is 0 Å². The highest BCUT2D eigenvalue weighted by Gasteiger charge is 2.52. The van der Waals surface area contributed by atoms with Crippen LogP contribution in [0.1, 0.15) is 33.3 Å². The van der Waals surface area contributed by atoms with Gasteiger partial charge < -0.3 is 14.0 Å². The topological polar surface area (TPSA) is 44.8 Å². The van der Waals surface area contributed by atoms with Gasteiger partial charge in [0.15, 0.2) is 0 Å². The fraction of sp³-hybridized carbons (Fsp3) is 0.381. The molecule has 1 fully saturated rings. The van der Waals surface area contributed by atoms with Gasteiger partial charge in [-0.3, -0.25) is 4.79 Å². The number of carbonyl (C=O) groups is 1. The van der Waals surface area contributed by atoms with Crippen molar-refractivity contribution in [1.82, 2.24) is 0 Å². The van der Waals surface area contributed by atoms with Gasteiger partial charge in [0, 0.05) is 0 Å². The van der Waals surface area contributed by atoms with Crippen LogP contribution in [0.25, 0.3) is 11.1 Å². The molecule has 148 valence electrons. The Morgan fingerprint density at radius 3 is 1.96 bits per heavy atom. The molecule has 1 saturated heterocycles. The van der Waals surface area contributed by atoms with Crippen LogP contribution in [0, 0.1) is 11.6 Å². The molecule has 0 aliphatic carbocycles. The van der Waals surface area contributed by atoms with E-state index in [1.807, 2.05) is 27.7 Å². The summed E-state index contributed by atoms with van der Waals surface area (Å²) in [5, 5.41) is 0. The molecule has 2 aromatic rings. The molecule has 3 rings (SSSR count). The molecule has 1 aliphatic heterocycles. The van der Waals surface area contributed by atoms with E-state index in [1.54, 1.807) is 24.3 Å². The lowest BCUT2D eigenvalue weighted by atomic mass is 9.78. The Morgan fingerprint density at radius 2 is 1.50 bits per heavy atom. The molecule has 0 bridgehead atoms. The Balaban J connectivity index is 1.88. The molecule has 28 heavy (non-hydrogen) atoms. The second-order valence-corrected chi connectivity index (χ2v) is 7.90. The molecule has 2 aromatic carbocycles. The van der Waals surface area contributed by atoms with Crippen LogP contribution in [0.15, 0.2) is 36.4 Å². The summed E-state index contributed by atoms with van der Waals surface area (Å²) in [6.45, 7) is 7.52. The molecule has 0 unspecified atom stereocenters. The summed E-state index contributed by atoms with van der Waals surface area (Å²) >= 11 is 0. The molecule has 0 atom stereocenters. The summed E-state index contributed by atoms with van der Waals surface area (Å²) < 4.78 is 45.9. The number of benzene rings is 2. The molecule has 0 N–H and O–H groups in total. The minimum atomic E-state index is -0.842. The third-order valence-electron chi connectivity index (χ3n) is 5.41. The maximum absolute atomic E-state index is 14.8. The second-order valence-electron chi connectivity index (χ2n) is 7.90. The maximum atomic E-state index is 14.8. The molecular weight excluding hydrogens is 365 g/mol. The lowest BCUT2D eigenvalue weighted by molar-refractivity contribution is -0.139. The van der Waals surface area contributed by atoms with Gasteiger partial charge in [0.2, 0.25) is 0 Å². The van der Waals surface area contributed by atoms with Gasteiger partial charge in [-0.1, -0.05) is 24.3 Å². The summed E-state index contributed by atoms with van der Waals surface area (Å²) in [6, 6.07) is 8.93. The van der Waals surface area contributed by atoms with Gasteiger partial charge in [0.05, 0.1) is 30.3 Å². The lowest BCUT2D eigenvalue weighted by Gasteiger charge is -2.32. The van der Waals surface area contributed by atoms with Crippen molar-refractivity contribution in [2.45, 2.75) is 45.3 Å². The average Bonchev–Trinajstić information content (AvgIpc) is 2.83. The van der Waals surface area contributed by atoms with Crippen molar-refractivity contribution in [2.24, 2.45) is 0 Å². The first-order chi connectivity index (χ1) is 13.0. The molecule has 0 saturated carbocycles. The third kappa shape index (κ3) is 3.82. The molecule has 1 heterocycles. The van der Waals surface area contributed by atoms with E-state index >= 15 is 0 Å². The fourth-order valence-electron chi connectivity index (χ4n) is 3.01. The Bertz CT molecular complexity index is 855. The minimum Gasteiger partial charge on any atom is -0.469 e. The zero-order valence-corrected chi connectivity index (χ0v) is 16.6. The molecule has 1 aliphatic rings. The van der Waals surface area contributed by atoms with Crippen molar-refractivity contribution in [3.63, 3.8) is 0 Å². The Labute approximate surface area is 163 Å². The van der Waals surface area contributed by atoms with Crippen molar-refractivity contribution in [3.8, 4) is 11.1 Å². The van der Waals surface area contributed by atoms with E-state index in [1.165, 1.54) is 19.2 Å². The van der Waals surface area contributed by atoms with E-state index in [4.69, 9.17) is 9.31 Å². The van der Waals surface area contributed by atoms with Gasteiger partial charge in [-0.2, -0.15) is 0 Å². The van der Waals surface area contributed by atoms with Crippen LogP contribution in [-0.4, -0.2) is 31.4 Å². The first kappa shape index (κ1) is 20.5. The first-order valence-corrected chi connectivity index (χ1v) is 9.05. The van der Waals surface area contributed by atoms with Crippen molar-refractivity contribution in [3.05, 3.63) is 53.6 Å². The van der Waals surface area contributed by atoms with Crippen LogP contribution in [-0.2, 0) is 25.3 Å². The maximum Gasteiger partial charge on any atom is 0.495 e. The average molecular weight is 388 g/mol.